The third-order valence-electron chi connectivity index (χ3n) is 3.16. The van der Waals surface area contributed by atoms with Crippen LogP contribution in [0, 0.1) is 5.82 Å². The normalized spacial score (nSPS) is 12.4. The fourth-order valence-corrected chi connectivity index (χ4v) is 2.16. The molecule has 7 nitrogen and oxygen atoms in total. The topological polar surface area (TPSA) is 80.5 Å². The number of likely N-dealkylation sites (N-methyl/N-ethyl adjacent to an activating group) is 1. The first-order chi connectivity index (χ1) is 11.0. The van der Waals surface area contributed by atoms with Gasteiger partial charge in [-0.1, -0.05) is 23.4 Å². The molecule has 2 rings (SSSR count). The molecule has 0 fully saturated rings. The number of rotatable bonds is 7. The standard InChI is InChI=1S/C15H19FN4O3/c1-20(2)14(10-6-4-5-7-11(10)16)15(21)17-8-12-18-13(9-22-3)23-19-12/h4-7,14H,8-9H2,1-3H3,(H,17,21)/t14-/m0/s1. The zero-order chi connectivity index (χ0) is 16.8. The van der Waals surface area contributed by atoms with Crippen LogP contribution in [0.1, 0.15) is 23.3 Å². The summed E-state index contributed by atoms with van der Waals surface area (Å²) in [4.78, 5) is 18.1. The lowest BCUT2D eigenvalue weighted by molar-refractivity contribution is -0.126. The van der Waals surface area contributed by atoms with Crippen LogP contribution >= 0.6 is 0 Å². The van der Waals surface area contributed by atoms with Gasteiger partial charge in [-0.3, -0.25) is 9.69 Å². The van der Waals surface area contributed by atoms with E-state index in [4.69, 9.17) is 9.26 Å². The molecule has 0 radical (unpaired) electrons. The molecule has 1 heterocycles. The summed E-state index contributed by atoms with van der Waals surface area (Å²) in [7, 11) is 4.94. The minimum Gasteiger partial charge on any atom is -0.375 e. The predicted molar refractivity (Wildman–Crippen MR) is 79.7 cm³/mol. The van der Waals surface area contributed by atoms with Gasteiger partial charge in [0, 0.05) is 12.7 Å². The zero-order valence-electron chi connectivity index (χ0n) is 13.2. The first-order valence-electron chi connectivity index (χ1n) is 7.02. The van der Waals surface area contributed by atoms with Gasteiger partial charge in [-0.2, -0.15) is 4.98 Å². The number of carbonyl (C=O) groups excluding carboxylic acids is 1. The molecule has 2 aromatic rings. The summed E-state index contributed by atoms with van der Waals surface area (Å²) in [6, 6.07) is 5.44. The van der Waals surface area contributed by atoms with Crippen LogP contribution in [0.15, 0.2) is 28.8 Å². The molecular formula is C15H19FN4O3. The van der Waals surface area contributed by atoms with Crippen molar-refractivity contribution in [2.75, 3.05) is 21.2 Å². The number of amides is 1. The number of carbonyl (C=O) groups is 1. The summed E-state index contributed by atoms with van der Waals surface area (Å²) in [6.07, 6.45) is 0. The second-order valence-electron chi connectivity index (χ2n) is 5.14. The second-order valence-corrected chi connectivity index (χ2v) is 5.14. The predicted octanol–water partition coefficient (Wildman–Crippen LogP) is 1.27. The van der Waals surface area contributed by atoms with E-state index in [1.165, 1.54) is 13.2 Å². The monoisotopic (exact) mass is 322 g/mol. The molecular weight excluding hydrogens is 303 g/mol. The van der Waals surface area contributed by atoms with Gasteiger partial charge in [-0.25, -0.2) is 4.39 Å². The maximum atomic E-state index is 14.0. The van der Waals surface area contributed by atoms with Crippen molar-refractivity contribution in [3.05, 3.63) is 47.4 Å². The lowest BCUT2D eigenvalue weighted by Crippen LogP contribution is -2.37. The highest BCUT2D eigenvalue weighted by atomic mass is 19.1. The van der Waals surface area contributed by atoms with Crippen molar-refractivity contribution in [2.45, 2.75) is 19.2 Å². The first kappa shape index (κ1) is 17.0. The number of nitrogens with zero attached hydrogens (tertiary/aromatic N) is 3. The zero-order valence-corrected chi connectivity index (χ0v) is 13.2. The van der Waals surface area contributed by atoms with Gasteiger partial charge in [0.05, 0.1) is 6.54 Å². The fraction of sp³-hybridized carbons (Fsp3) is 0.400. The summed E-state index contributed by atoms with van der Waals surface area (Å²) in [5.41, 5.74) is 0.309. The second kappa shape index (κ2) is 7.80. The van der Waals surface area contributed by atoms with E-state index in [1.54, 1.807) is 37.2 Å². The van der Waals surface area contributed by atoms with E-state index < -0.39 is 11.9 Å². The van der Waals surface area contributed by atoms with Crippen LogP contribution in [0.2, 0.25) is 0 Å². The summed E-state index contributed by atoms with van der Waals surface area (Å²) < 4.78 is 23.8. The van der Waals surface area contributed by atoms with Crippen molar-refractivity contribution in [3.8, 4) is 0 Å². The van der Waals surface area contributed by atoms with E-state index in [0.29, 0.717) is 17.3 Å². The van der Waals surface area contributed by atoms with Crippen molar-refractivity contribution >= 4 is 5.91 Å². The molecule has 1 N–H and O–H groups in total. The van der Waals surface area contributed by atoms with Crippen LogP contribution in [0.5, 0.6) is 0 Å². The van der Waals surface area contributed by atoms with Crippen LogP contribution in [0.4, 0.5) is 4.39 Å². The van der Waals surface area contributed by atoms with Crippen LogP contribution in [-0.4, -0.2) is 42.2 Å². The molecule has 1 amide bonds. The number of nitrogens with one attached hydrogen (secondary N) is 1. The van der Waals surface area contributed by atoms with E-state index in [0.717, 1.165) is 0 Å². The number of methoxy groups -OCH3 is 1. The largest absolute Gasteiger partial charge is 0.375 e. The van der Waals surface area contributed by atoms with Crippen molar-refractivity contribution in [1.29, 1.82) is 0 Å². The Morgan fingerprint density at radius 2 is 2.17 bits per heavy atom. The highest BCUT2D eigenvalue weighted by Gasteiger charge is 2.25. The quantitative estimate of drug-likeness (QED) is 0.827. The number of ether oxygens (including phenoxy) is 1. The van der Waals surface area contributed by atoms with Gasteiger partial charge < -0.3 is 14.6 Å². The lowest BCUT2D eigenvalue weighted by atomic mass is 10.0. The van der Waals surface area contributed by atoms with Gasteiger partial charge in [0.25, 0.3) is 5.89 Å². The molecule has 1 aromatic heterocycles. The molecule has 8 heteroatoms. The van der Waals surface area contributed by atoms with Crippen LogP contribution in [-0.2, 0) is 22.7 Å². The van der Waals surface area contributed by atoms with Gasteiger partial charge in [-0.15, -0.1) is 0 Å². The number of halogens is 1. The highest BCUT2D eigenvalue weighted by molar-refractivity contribution is 5.83. The highest BCUT2D eigenvalue weighted by Crippen LogP contribution is 2.21. The van der Waals surface area contributed by atoms with E-state index in [-0.39, 0.29) is 19.1 Å². The van der Waals surface area contributed by atoms with Gasteiger partial charge >= 0.3 is 0 Å². The average Bonchev–Trinajstić information content (AvgIpc) is 2.95. The van der Waals surface area contributed by atoms with Gasteiger partial charge in [-0.05, 0) is 20.2 Å². The first-order valence-corrected chi connectivity index (χ1v) is 7.02. The van der Waals surface area contributed by atoms with Crippen molar-refractivity contribution in [2.24, 2.45) is 0 Å². The van der Waals surface area contributed by atoms with E-state index in [1.807, 2.05) is 0 Å². The van der Waals surface area contributed by atoms with Crippen molar-refractivity contribution in [1.82, 2.24) is 20.4 Å². The Hall–Kier alpha value is -2.32. The number of hydrogen-bond donors (Lipinski definition) is 1. The van der Waals surface area contributed by atoms with Crippen molar-refractivity contribution < 1.29 is 18.4 Å². The molecule has 0 aliphatic carbocycles. The molecule has 0 saturated heterocycles. The molecule has 0 bridgehead atoms. The third-order valence-corrected chi connectivity index (χ3v) is 3.16. The fourth-order valence-electron chi connectivity index (χ4n) is 2.16. The SMILES string of the molecule is COCc1nc(CNC(=O)[C@H](c2ccccc2F)N(C)C)no1. The molecule has 1 atom stereocenters. The third kappa shape index (κ3) is 4.33. The van der Waals surface area contributed by atoms with Gasteiger partial charge in [0.1, 0.15) is 18.5 Å². The summed E-state index contributed by atoms with van der Waals surface area (Å²) in [6.45, 7) is 0.293. The Morgan fingerprint density at radius 3 is 2.83 bits per heavy atom. The minimum absolute atomic E-state index is 0.0881. The molecule has 0 aliphatic rings. The number of benzene rings is 1. The molecule has 124 valence electrons. The molecule has 0 unspecified atom stereocenters. The number of aromatic nitrogens is 2. The van der Waals surface area contributed by atoms with Crippen LogP contribution < -0.4 is 5.32 Å². The Kier molecular flexibility index (Phi) is 5.78. The summed E-state index contributed by atoms with van der Waals surface area (Å²) in [5, 5.41) is 6.42. The van der Waals surface area contributed by atoms with Gasteiger partial charge in [0.15, 0.2) is 5.82 Å². The van der Waals surface area contributed by atoms with Crippen LogP contribution in [0.3, 0.4) is 0 Å². The average molecular weight is 322 g/mol. The Bertz CT molecular complexity index is 660. The Labute approximate surface area is 133 Å². The van der Waals surface area contributed by atoms with Crippen molar-refractivity contribution in [3.63, 3.8) is 0 Å². The van der Waals surface area contributed by atoms with E-state index in [2.05, 4.69) is 15.5 Å². The summed E-state index contributed by atoms with van der Waals surface area (Å²) in [5.74, 6) is -0.118. The van der Waals surface area contributed by atoms with Gasteiger partial charge in [0.2, 0.25) is 5.91 Å². The molecule has 1 aromatic carbocycles. The molecule has 0 spiro atoms. The number of hydrogen-bond acceptors (Lipinski definition) is 6. The molecule has 0 saturated carbocycles. The Balaban J connectivity index is 2.05. The van der Waals surface area contributed by atoms with E-state index >= 15 is 0 Å². The van der Waals surface area contributed by atoms with E-state index in [9.17, 15) is 9.18 Å². The maximum absolute atomic E-state index is 14.0. The van der Waals surface area contributed by atoms with Crippen LogP contribution in [0.25, 0.3) is 0 Å². The minimum atomic E-state index is -0.749. The molecule has 0 aliphatic heterocycles. The maximum Gasteiger partial charge on any atom is 0.252 e. The lowest BCUT2D eigenvalue weighted by Gasteiger charge is -2.23. The smallest absolute Gasteiger partial charge is 0.252 e. The summed E-state index contributed by atoms with van der Waals surface area (Å²) >= 11 is 0. The molecule has 23 heavy (non-hydrogen) atoms. The Morgan fingerprint density at radius 1 is 1.43 bits per heavy atom.